The Kier molecular flexibility index (Phi) is 9.55. The lowest BCUT2D eigenvalue weighted by Crippen LogP contribution is -2.43. The molecule has 0 N–H and O–H groups in total. The zero-order valence-corrected chi connectivity index (χ0v) is 28.7. The highest BCUT2D eigenvalue weighted by molar-refractivity contribution is 7.07. The molecule has 0 bridgehead atoms. The van der Waals surface area contributed by atoms with Crippen LogP contribution >= 0.6 is 34.5 Å². The summed E-state index contributed by atoms with van der Waals surface area (Å²) in [5.41, 5.74) is 3.13. The van der Waals surface area contributed by atoms with E-state index in [2.05, 4.69) is 0 Å². The van der Waals surface area contributed by atoms with E-state index in [0.29, 0.717) is 55.2 Å². The second-order valence-electron chi connectivity index (χ2n) is 11.1. The minimum atomic E-state index is -0.749. The van der Waals surface area contributed by atoms with Gasteiger partial charge in [-0.15, -0.1) is 0 Å². The molecular weight excluding hydrogens is 653 g/mol. The molecule has 1 amide bonds. The van der Waals surface area contributed by atoms with E-state index < -0.39 is 6.04 Å². The van der Waals surface area contributed by atoms with Crippen molar-refractivity contribution in [2.45, 2.75) is 33.4 Å². The number of allylic oxidation sites excluding steroid dienone is 1. The Morgan fingerprint density at radius 1 is 1.02 bits per heavy atom. The summed E-state index contributed by atoms with van der Waals surface area (Å²) in [6, 6.07) is 23.8. The predicted molar refractivity (Wildman–Crippen MR) is 189 cm³/mol. The van der Waals surface area contributed by atoms with Gasteiger partial charge in [-0.05, 0) is 73.5 Å². The summed E-state index contributed by atoms with van der Waals surface area (Å²) < 4.78 is 14.1. The van der Waals surface area contributed by atoms with Crippen LogP contribution in [-0.2, 0) is 11.4 Å². The number of likely N-dealkylation sites (N-methyl/N-ethyl adjacent to an activating group) is 1. The fraction of sp³-hybridized carbons (Fsp3) is 0.216. The van der Waals surface area contributed by atoms with Gasteiger partial charge in [0.1, 0.15) is 24.1 Å². The molecule has 5 aromatic rings. The molecule has 7 nitrogen and oxygen atoms in total. The SMILES string of the molecule is CCN(CC)C(=O)C1=C(C)N=c2s/c(=C/c3cccc(OCc4ccc(Cl)cc4Cl)c3)c(=O)n2[C@@H]1c1c(OC)ccc2ccccc12. The minimum absolute atomic E-state index is 0.156. The number of carbonyl (C=O) groups is 1. The second-order valence-corrected chi connectivity index (χ2v) is 12.9. The van der Waals surface area contributed by atoms with Crippen LogP contribution in [0.4, 0.5) is 0 Å². The van der Waals surface area contributed by atoms with Crippen LogP contribution in [0.5, 0.6) is 11.5 Å². The maximum Gasteiger partial charge on any atom is 0.271 e. The van der Waals surface area contributed by atoms with Crippen LogP contribution in [0.3, 0.4) is 0 Å². The molecule has 6 rings (SSSR count). The van der Waals surface area contributed by atoms with Crippen molar-refractivity contribution in [2.24, 2.45) is 4.99 Å². The Balaban J connectivity index is 1.49. The summed E-state index contributed by atoms with van der Waals surface area (Å²) in [7, 11) is 1.61. The molecule has 2 heterocycles. The van der Waals surface area contributed by atoms with Crippen molar-refractivity contribution < 1.29 is 14.3 Å². The number of fused-ring (bicyclic) bond motifs is 2. The topological polar surface area (TPSA) is 73.1 Å². The normalized spacial score (nSPS) is 14.6. The Morgan fingerprint density at radius 3 is 2.55 bits per heavy atom. The monoisotopic (exact) mass is 685 g/mol. The van der Waals surface area contributed by atoms with E-state index in [1.807, 2.05) is 93.6 Å². The van der Waals surface area contributed by atoms with Gasteiger partial charge in [0.25, 0.3) is 11.5 Å². The number of methoxy groups -OCH3 is 1. The standard InChI is InChI=1S/C37H33Cl2N3O4S/c1-5-41(6-2)36(44)32-22(3)40-37-42(34(32)33-28-13-8-7-11-24(28)15-17-30(33)45-4)35(43)31(47-37)19-23-10-9-12-27(18-23)46-21-25-14-16-26(38)20-29(25)39/h7-20,34H,5-6,21H2,1-4H3/b31-19+/t34-/m0/s1. The van der Waals surface area contributed by atoms with Gasteiger partial charge in [0, 0.05) is 34.3 Å². The number of hydrogen-bond acceptors (Lipinski definition) is 6. The van der Waals surface area contributed by atoms with Crippen molar-refractivity contribution in [2.75, 3.05) is 20.2 Å². The highest BCUT2D eigenvalue weighted by Crippen LogP contribution is 2.40. The lowest BCUT2D eigenvalue weighted by atomic mass is 9.90. The third-order valence-electron chi connectivity index (χ3n) is 8.29. The largest absolute Gasteiger partial charge is 0.496 e. The van der Waals surface area contributed by atoms with Crippen molar-refractivity contribution in [1.29, 1.82) is 0 Å². The van der Waals surface area contributed by atoms with Crippen LogP contribution in [0, 0.1) is 0 Å². The van der Waals surface area contributed by atoms with Gasteiger partial charge in [-0.3, -0.25) is 14.2 Å². The van der Waals surface area contributed by atoms with Gasteiger partial charge >= 0.3 is 0 Å². The molecule has 1 aromatic heterocycles. The van der Waals surface area contributed by atoms with Gasteiger partial charge in [-0.1, -0.05) is 83.1 Å². The Hall–Kier alpha value is -4.37. The summed E-state index contributed by atoms with van der Waals surface area (Å²) in [4.78, 5) is 35.7. The van der Waals surface area contributed by atoms with Crippen LogP contribution < -0.4 is 24.4 Å². The molecule has 10 heteroatoms. The maximum absolute atomic E-state index is 14.4. The number of nitrogens with zero attached hydrogens (tertiary/aromatic N) is 3. The van der Waals surface area contributed by atoms with Gasteiger partial charge in [0.15, 0.2) is 4.80 Å². The highest BCUT2D eigenvalue weighted by atomic mass is 35.5. The lowest BCUT2D eigenvalue weighted by molar-refractivity contribution is -0.127. The third-order valence-corrected chi connectivity index (χ3v) is 9.86. The van der Waals surface area contributed by atoms with Crippen molar-refractivity contribution in [3.8, 4) is 11.5 Å². The number of ether oxygens (including phenoxy) is 2. The Labute approximate surface area is 286 Å². The van der Waals surface area contributed by atoms with Gasteiger partial charge in [0.2, 0.25) is 0 Å². The predicted octanol–water partition coefficient (Wildman–Crippen LogP) is 7.15. The molecule has 47 heavy (non-hydrogen) atoms. The summed E-state index contributed by atoms with van der Waals surface area (Å²) in [5, 5.41) is 2.97. The van der Waals surface area contributed by atoms with E-state index in [1.165, 1.54) is 11.3 Å². The molecule has 0 saturated carbocycles. The van der Waals surface area contributed by atoms with Crippen molar-refractivity contribution in [3.05, 3.63) is 137 Å². The van der Waals surface area contributed by atoms with Crippen LogP contribution in [0.25, 0.3) is 16.8 Å². The Bertz CT molecular complexity index is 2220. The average Bonchev–Trinajstić information content (AvgIpc) is 3.37. The molecular formula is C37H33Cl2N3O4S. The van der Waals surface area contributed by atoms with Gasteiger partial charge < -0.3 is 14.4 Å². The number of thiazole rings is 1. The van der Waals surface area contributed by atoms with Gasteiger partial charge in [-0.25, -0.2) is 4.99 Å². The summed E-state index contributed by atoms with van der Waals surface area (Å²) in [6.07, 6.45) is 1.83. The first-order valence-electron chi connectivity index (χ1n) is 15.3. The lowest BCUT2D eigenvalue weighted by Gasteiger charge is -2.30. The second kappa shape index (κ2) is 13.8. The smallest absolute Gasteiger partial charge is 0.271 e. The number of benzene rings is 4. The fourth-order valence-electron chi connectivity index (χ4n) is 5.93. The molecule has 240 valence electrons. The van der Waals surface area contributed by atoms with E-state index >= 15 is 0 Å². The molecule has 0 fully saturated rings. The number of hydrogen-bond donors (Lipinski definition) is 0. The zero-order chi connectivity index (χ0) is 33.2. The minimum Gasteiger partial charge on any atom is -0.496 e. The molecule has 0 radical (unpaired) electrons. The van der Waals surface area contributed by atoms with Gasteiger partial charge in [-0.2, -0.15) is 0 Å². The van der Waals surface area contributed by atoms with Crippen molar-refractivity contribution in [3.63, 3.8) is 0 Å². The Morgan fingerprint density at radius 2 is 1.81 bits per heavy atom. The van der Waals surface area contributed by atoms with E-state index in [1.54, 1.807) is 28.7 Å². The van der Waals surface area contributed by atoms with E-state index in [-0.39, 0.29) is 18.1 Å². The molecule has 4 aromatic carbocycles. The third kappa shape index (κ3) is 6.33. The summed E-state index contributed by atoms with van der Waals surface area (Å²) >= 11 is 13.7. The maximum atomic E-state index is 14.4. The first-order chi connectivity index (χ1) is 22.7. The number of carbonyl (C=O) groups excluding carboxylic acids is 1. The molecule has 0 aliphatic carbocycles. The van der Waals surface area contributed by atoms with Crippen LogP contribution in [0.15, 0.2) is 99.9 Å². The summed E-state index contributed by atoms with van der Waals surface area (Å²) in [6.45, 7) is 7.05. The van der Waals surface area contributed by atoms with E-state index in [0.717, 1.165) is 27.5 Å². The quantitative estimate of drug-likeness (QED) is 0.165. The molecule has 1 aliphatic rings. The molecule has 0 saturated heterocycles. The number of halogens is 2. The van der Waals surface area contributed by atoms with Crippen molar-refractivity contribution >= 4 is 57.3 Å². The molecule has 1 aliphatic heterocycles. The van der Waals surface area contributed by atoms with Gasteiger partial charge in [0.05, 0.1) is 22.9 Å². The average molecular weight is 687 g/mol. The highest BCUT2D eigenvalue weighted by Gasteiger charge is 2.36. The summed E-state index contributed by atoms with van der Waals surface area (Å²) in [5.74, 6) is 1.06. The number of aromatic nitrogens is 1. The van der Waals surface area contributed by atoms with E-state index in [4.69, 9.17) is 37.7 Å². The first-order valence-corrected chi connectivity index (χ1v) is 16.9. The molecule has 1 atom stereocenters. The van der Waals surface area contributed by atoms with Crippen LogP contribution in [-0.4, -0.2) is 35.6 Å². The van der Waals surface area contributed by atoms with Crippen molar-refractivity contribution in [1.82, 2.24) is 9.47 Å². The molecule has 0 unspecified atom stereocenters. The van der Waals surface area contributed by atoms with Crippen LogP contribution in [0.1, 0.15) is 43.5 Å². The number of rotatable bonds is 9. The zero-order valence-electron chi connectivity index (χ0n) is 26.4. The molecule has 0 spiro atoms. The van der Waals surface area contributed by atoms with Crippen LogP contribution in [0.2, 0.25) is 10.0 Å². The first kappa shape index (κ1) is 32.6. The number of amides is 1. The van der Waals surface area contributed by atoms with E-state index in [9.17, 15) is 9.59 Å². The fourth-order valence-corrected chi connectivity index (χ4v) is 7.44.